The standard InChI is InChI=1S/C13H22N4O.ClH/c1-8(2)11-7-12(17-16-11)13(18)15-10-5-3-9(14)4-6-10;/h7-10H,3-6,14H2,1-2H3,(H,15,18)(H,16,17);1H. The van der Waals surface area contributed by atoms with Crippen LogP contribution >= 0.6 is 12.4 Å². The number of amides is 1. The van der Waals surface area contributed by atoms with Crippen LogP contribution in [0.2, 0.25) is 0 Å². The van der Waals surface area contributed by atoms with Gasteiger partial charge in [-0.2, -0.15) is 5.10 Å². The Morgan fingerprint density at radius 3 is 2.58 bits per heavy atom. The number of H-pyrrole nitrogens is 1. The molecule has 0 spiro atoms. The summed E-state index contributed by atoms with van der Waals surface area (Å²) in [5.41, 5.74) is 7.32. The van der Waals surface area contributed by atoms with Gasteiger partial charge in [-0.1, -0.05) is 13.8 Å². The van der Waals surface area contributed by atoms with Crippen molar-refractivity contribution < 1.29 is 4.79 Å². The van der Waals surface area contributed by atoms with Gasteiger partial charge in [0.1, 0.15) is 5.69 Å². The van der Waals surface area contributed by atoms with Gasteiger partial charge in [-0.25, -0.2) is 0 Å². The number of rotatable bonds is 3. The molecule has 0 saturated heterocycles. The lowest BCUT2D eigenvalue weighted by Gasteiger charge is -2.26. The van der Waals surface area contributed by atoms with E-state index in [1.807, 2.05) is 6.07 Å². The van der Waals surface area contributed by atoms with Gasteiger partial charge in [-0.15, -0.1) is 12.4 Å². The van der Waals surface area contributed by atoms with Crippen LogP contribution in [0, 0.1) is 0 Å². The van der Waals surface area contributed by atoms with Crippen molar-refractivity contribution in [1.29, 1.82) is 0 Å². The van der Waals surface area contributed by atoms with Gasteiger partial charge in [0.15, 0.2) is 0 Å². The van der Waals surface area contributed by atoms with Crippen LogP contribution in [-0.4, -0.2) is 28.2 Å². The molecule has 0 atom stereocenters. The van der Waals surface area contributed by atoms with Crippen molar-refractivity contribution in [3.63, 3.8) is 0 Å². The fraction of sp³-hybridized carbons (Fsp3) is 0.692. The minimum atomic E-state index is -0.0846. The van der Waals surface area contributed by atoms with Crippen LogP contribution in [0.5, 0.6) is 0 Å². The second-order valence-corrected chi connectivity index (χ2v) is 5.45. The first kappa shape index (κ1) is 16.0. The lowest BCUT2D eigenvalue weighted by Crippen LogP contribution is -2.40. The monoisotopic (exact) mass is 286 g/mol. The Bertz CT molecular complexity index is 411. The lowest BCUT2D eigenvalue weighted by molar-refractivity contribution is 0.0921. The summed E-state index contributed by atoms with van der Waals surface area (Å²) in [6.07, 6.45) is 3.91. The van der Waals surface area contributed by atoms with E-state index < -0.39 is 0 Å². The Hall–Kier alpha value is -1.07. The van der Waals surface area contributed by atoms with Crippen LogP contribution in [0.3, 0.4) is 0 Å². The number of nitrogens with one attached hydrogen (secondary N) is 2. The molecule has 108 valence electrons. The third-order valence-electron chi connectivity index (χ3n) is 3.56. The SMILES string of the molecule is CC(C)c1cc(C(=O)NC2CCC(N)CC2)n[nH]1.Cl. The predicted molar refractivity (Wildman–Crippen MR) is 77.6 cm³/mol. The smallest absolute Gasteiger partial charge is 0.271 e. The Kier molecular flexibility index (Phi) is 5.82. The quantitative estimate of drug-likeness (QED) is 0.794. The highest BCUT2D eigenvalue weighted by molar-refractivity contribution is 5.92. The van der Waals surface area contributed by atoms with E-state index in [9.17, 15) is 4.79 Å². The molecule has 0 aliphatic heterocycles. The largest absolute Gasteiger partial charge is 0.348 e. The molecule has 0 aromatic carbocycles. The van der Waals surface area contributed by atoms with Crippen molar-refractivity contribution >= 4 is 18.3 Å². The average molecular weight is 287 g/mol. The molecule has 1 fully saturated rings. The van der Waals surface area contributed by atoms with Crippen molar-refractivity contribution in [3.8, 4) is 0 Å². The molecule has 1 aromatic rings. The zero-order chi connectivity index (χ0) is 13.1. The molecule has 4 N–H and O–H groups in total. The van der Waals surface area contributed by atoms with Gasteiger partial charge in [0.25, 0.3) is 5.91 Å². The van der Waals surface area contributed by atoms with Gasteiger partial charge in [-0.05, 0) is 37.7 Å². The van der Waals surface area contributed by atoms with Gasteiger partial charge in [0.05, 0.1) is 0 Å². The summed E-state index contributed by atoms with van der Waals surface area (Å²) >= 11 is 0. The van der Waals surface area contributed by atoms with Crippen LogP contribution in [-0.2, 0) is 0 Å². The van der Waals surface area contributed by atoms with Crippen LogP contribution in [0.4, 0.5) is 0 Å². The molecule has 6 heteroatoms. The van der Waals surface area contributed by atoms with E-state index in [0.29, 0.717) is 17.7 Å². The second-order valence-electron chi connectivity index (χ2n) is 5.45. The maximum atomic E-state index is 12.0. The number of hydrogen-bond acceptors (Lipinski definition) is 3. The van der Waals surface area contributed by atoms with Crippen LogP contribution in [0.1, 0.15) is 61.6 Å². The molecule has 1 amide bonds. The van der Waals surface area contributed by atoms with Gasteiger partial charge in [0, 0.05) is 17.8 Å². The first-order valence-corrected chi connectivity index (χ1v) is 6.68. The summed E-state index contributed by atoms with van der Waals surface area (Å²) in [4.78, 5) is 12.0. The zero-order valence-corrected chi connectivity index (χ0v) is 12.3. The lowest BCUT2D eigenvalue weighted by atomic mass is 9.92. The Morgan fingerprint density at radius 2 is 2.05 bits per heavy atom. The maximum absolute atomic E-state index is 12.0. The molecule has 0 unspecified atom stereocenters. The van der Waals surface area contributed by atoms with E-state index in [1.165, 1.54) is 0 Å². The fourth-order valence-corrected chi connectivity index (χ4v) is 2.27. The van der Waals surface area contributed by atoms with Crippen molar-refractivity contribution in [2.24, 2.45) is 5.73 Å². The number of aromatic amines is 1. The Balaban J connectivity index is 0.00000180. The summed E-state index contributed by atoms with van der Waals surface area (Å²) in [7, 11) is 0. The van der Waals surface area contributed by atoms with Crippen LogP contribution in [0.15, 0.2) is 6.07 Å². The summed E-state index contributed by atoms with van der Waals surface area (Å²) in [5.74, 6) is 0.269. The normalized spacial score (nSPS) is 22.9. The number of nitrogens with two attached hydrogens (primary N) is 1. The van der Waals surface area contributed by atoms with E-state index >= 15 is 0 Å². The van der Waals surface area contributed by atoms with Crippen molar-refractivity contribution in [2.75, 3.05) is 0 Å². The van der Waals surface area contributed by atoms with Crippen LogP contribution < -0.4 is 11.1 Å². The number of aromatic nitrogens is 2. The first-order chi connectivity index (χ1) is 8.56. The number of carbonyl (C=O) groups is 1. The molecule has 1 heterocycles. The highest BCUT2D eigenvalue weighted by atomic mass is 35.5. The molecular formula is C13H23ClN4O. The number of halogens is 1. The van der Waals surface area contributed by atoms with E-state index in [2.05, 4.69) is 29.4 Å². The summed E-state index contributed by atoms with van der Waals surface area (Å²) < 4.78 is 0. The van der Waals surface area contributed by atoms with Crippen molar-refractivity contribution in [2.45, 2.75) is 57.5 Å². The van der Waals surface area contributed by atoms with Gasteiger partial charge < -0.3 is 11.1 Å². The molecule has 5 nitrogen and oxygen atoms in total. The third kappa shape index (κ3) is 4.21. The molecule has 0 radical (unpaired) electrons. The number of nitrogens with zero attached hydrogens (tertiary/aromatic N) is 1. The fourth-order valence-electron chi connectivity index (χ4n) is 2.27. The van der Waals surface area contributed by atoms with Crippen LogP contribution in [0.25, 0.3) is 0 Å². The third-order valence-corrected chi connectivity index (χ3v) is 3.56. The highest BCUT2D eigenvalue weighted by Crippen LogP contribution is 2.18. The Morgan fingerprint density at radius 1 is 1.42 bits per heavy atom. The molecule has 1 aliphatic rings. The topological polar surface area (TPSA) is 83.8 Å². The summed E-state index contributed by atoms with van der Waals surface area (Å²) in [6, 6.07) is 2.38. The Labute approximate surface area is 120 Å². The van der Waals surface area contributed by atoms with E-state index in [4.69, 9.17) is 5.73 Å². The molecule has 19 heavy (non-hydrogen) atoms. The minimum Gasteiger partial charge on any atom is -0.348 e. The molecule has 2 rings (SSSR count). The zero-order valence-electron chi connectivity index (χ0n) is 11.5. The van der Waals surface area contributed by atoms with E-state index in [-0.39, 0.29) is 24.4 Å². The predicted octanol–water partition coefficient (Wildman–Crippen LogP) is 1.95. The second kappa shape index (κ2) is 6.91. The summed E-state index contributed by atoms with van der Waals surface area (Å²) in [6.45, 7) is 4.13. The molecule has 1 aromatic heterocycles. The minimum absolute atomic E-state index is 0. The number of hydrogen-bond donors (Lipinski definition) is 3. The molecule has 1 saturated carbocycles. The maximum Gasteiger partial charge on any atom is 0.271 e. The number of carbonyl (C=O) groups excluding carboxylic acids is 1. The average Bonchev–Trinajstić information content (AvgIpc) is 2.81. The molecule has 1 aliphatic carbocycles. The molecule has 0 bridgehead atoms. The van der Waals surface area contributed by atoms with Crippen molar-refractivity contribution in [1.82, 2.24) is 15.5 Å². The summed E-state index contributed by atoms with van der Waals surface area (Å²) in [5, 5.41) is 9.99. The van der Waals surface area contributed by atoms with Crippen molar-refractivity contribution in [3.05, 3.63) is 17.5 Å². The van der Waals surface area contributed by atoms with E-state index in [0.717, 1.165) is 31.4 Å². The molecular weight excluding hydrogens is 264 g/mol. The van der Waals surface area contributed by atoms with Gasteiger partial charge in [-0.3, -0.25) is 9.89 Å². The highest BCUT2D eigenvalue weighted by Gasteiger charge is 2.21. The van der Waals surface area contributed by atoms with Gasteiger partial charge in [0.2, 0.25) is 0 Å². The van der Waals surface area contributed by atoms with E-state index in [1.54, 1.807) is 0 Å². The van der Waals surface area contributed by atoms with Gasteiger partial charge >= 0.3 is 0 Å². The first-order valence-electron chi connectivity index (χ1n) is 6.68.